The molecule has 0 aliphatic rings. The Morgan fingerprint density at radius 3 is 1.38 bits per heavy atom. The van der Waals surface area contributed by atoms with Crippen molar-refractivity contribution in [2.45, 2.75) is 0 Å². The first kappa shape index (κ1) is 31.9. The molecule has 11 rings (SSSR count). The number of benzene rings is 8. The second-order valence-electron chi connectivity index (χ2n) is 14.0. The van der Waals surface area contributed by atoms with Gasteiger partial charge in [0.25, 0.3) is 0 Å². The van der Waals surface area contributed by atoms with E-state index in [0.29, 0.717) is 17.5 Å². The molecular formula is C51H31N3O2. The molecule has 5 heteroatoms. The van der Waals surface area contributed by atoms with E-state index in [1.165, 1.54) is 11.1 Å². The molecule has 5 nitrogen and oxygen atoms in total. The third-order valence-corrected chi connectivity index (χ3v) is 10.6. The standard InChI is InChI=1S/C51H31N3O2/c1-3-12-32(13-4-1)33-24-26-34(27-25-33)36-16-9-17-37(30-36)50-52-49(35-14-5-2-6-15-35)53-51(54-50)38-28-29-40-42-20-11-22-44(48(42)56-46(40)31-38)43-21-10-19-41-39-18-7-8-23-45(39)55-47(41)43/h1-31H. The molecule has 0 spiro atoms. The average molecular weight is 718 g/mol. The minimum absolute atomic E-state index is 0.570. The van der Waals surface area contributed by atoms with Crippen molar-refractivity contribution < 1.29 is 8.83 Å². The van der Waals surface area contributed by atoms with E-state index in [4.69, 9.17) is 23.8 Å². The van der Waals surface area contributed by atoms with Gasteiger partial charge in [-0.05, 0) is 46.5 Å². The van der Waals surface area contributed by atoms with E-state index in [9.17, 15) is 0 Å². The van der Waals surface area contributed by atoms with Gasteiger partial charge in [-0.2, -0.15) is 0 Å². The quantitative estimate of drug-likeness (QED) is 0.171. The number of nitrogens with zero attached hydrogens (tertiary/aromatic N) is 3. The van der Waals surface area contributed by atoms with E-state index < -0.39 is 0 Å². The summed E-state index contributed by atoms with van der Waals surface area (Å²) in [4.78, 5) is 15.1. The van der Waals surface area contributed by atoms with Crippen LogP contribution in [0.25, 0.3) is 111 Å². The van der Waals surface area contributed by atoms with Crippen molar-refractivity contribution in [3.8, 4) is 67.5 Å². The Morgan fingerprint density at radius 1 is 0.268 bits per heavy atom. The van der Waals surface area contributed by atoms with E-state index in [2.05, 4.69) is 127 Å². The van der Waals surface area contributed by atoms with Gasteiger partial charge < -0.3 is 8.83 Å². The number of rotatable bonds is 6. The predicted octanol–water partition coefficient (Wildman–Crippen LogP) is 13.7. The van der Waals surface area contributed by atoms with Gasteiger partial charge in [0.1, 0.15) is 22.3 Å². The molecule has 0 fully saturated rings. The van der Waals surface area contributed by atoms with E-state index in [0.717, 1.165) is 82.8 Å². The van der Waals surface area contributed by atoms with Crippen molar-refractivity contribution in [3.05, 3.63) is 188 Å². The maximum Gasteiger partial charge on any atom is 0.164 e. The molecule has 0 saturated carbocycles. The maximum atomic E-state index is 6.74. The Kier molecular flexibility index (Phi) is 7.42. The molecule has 0 N–H and O–H groups in total. The summed E-state index contributed by atoms with van der Waals surface area (Å²) in [5.74, 6) is 1.78. The fourth-order valence-electron chi connectivity index (χ4n) is 7.78. The summed E-state index contributed by atoms with van der Waals surface area (Å²) in [6.45, 7) is 0. The number of hydrogen-bond donors (Lipinski definition) is 0. The Morgan fingerprint density at radius 2 is 0.696 bits per heavy atom. The van der Waals surface area contributed by atoms with Crippen molar-refractivity contribution in [2.75, 3.05) is 0 Å². The summed E-state index contributed by atoms with van der Waals surface area (Å²) in [6.07, 6.45) is 0. The second-order valence-corrected chi connectivity index (χ2v) is 14.0. The van der Waals surface area contributed by atoms with Gasteiger partial charge in [0.2, 0.25) is 0 Å². The first-order valence-electron chi connectivity index (χ1n) is 18.7. The van der Waals surface area contributed by atoms with E-state index >= 15 is 0 Å². The van der Waals surface area contributed by atoms with Crippen LogP contribution in [0, 0.1) is 0 Å². The van der Waals surface area contributed by atoms with E-state index in [1.54, 1.807) is 0 Å². The summed E-state index contributed by atoms with van der Waals surface area (Å²) in [5, 5.41) is 4.24. The van der Waals surface area contributed by atoms with Crippen molar-refractivity contribution in [1.29, 1.82) is 0 Å². The van der Waals surface area contributed by atoms with Crippen LogP contribution in [0.3, 0.4) is 0 Å². The summed E-state index contributed by atoms with van der Waals surface area (Å²) in [7, 11) is 0. The lowest BCUT2D eigenvalue weighted by Gasteiger charge is -2.10. The van der Waals surface area contributed by atoms with Crippen molar-refractivity contribution >= 4 is 43.9 Å². The maximum absolute atomic E-state index is 6.74. The summed E-state index contributed by atoms with van der Waals surface area (Å²) < 4.78 is 13.2. The highest BCUT2D eigenvalue weighted by atomic mass is 16.3. The van der Waals surface area contributed by atoms with Crippen LogP contribution in [0.2, 0.25) is 0 Å². The van der Waals surface area contributed by atoms with E-state index in [-0.39, 0.29) is 0 Å². The molecule has 3 heterocycles. The smallest absolute Gasteiger partial charge is 0.164 e. The van der Waals surface area contributed by atoms with Gasteiger partial charge in [-0.15, -0.1) is 0 Å². The number of aromatic nitrogens is 3. The molecule has 0 amide bonds. The zero-order valence-corrected chi connectivity index (χ0v) is 30.1. The van der Waals surface area contributed by atoms with Gasteiger partial charge in [0.15, 0.2) is 17.5 Å². The van der Waals surface area contributed by atoms with Crippen LogP contribution in [-0.2, 0) is 0 Å². The molecule has 0 bridgehead atoms. The van der Waals surface area contributed by atoms with Gasteiger partial charge in [-0.25, -0.2) is 15.0 Å². The zero-order valence-electron chi connectivity index (χ0n) is 30.1. The lowest BCUT2D eigenvalue weighted by Crippen LogP contribution is -2.00. The molecule has 0 aliphatic carbocycles. The molecule has 0 unspecified atom stereocenters. The molecule has 262 valence electrons. The second kappa shape index (κ2) is 13.0. The summed E-state index contributed by atoms with van der Waals surface area (Å²) >= 11 is 0. The van der Waals surface area contributed by atoms with Gasteiger partial charge in [0, 0.05) is 49.4 Å². The van der Waals surface area contributed by atoms with Gasteiger partial charge in [-0.3, -0.25) is 0 Å². The molecule has 56 heavy (non-hydrogen) atoms. The monoisotopic (exact) mass is 717 g/mol. The first-order chi connectivity index (χ1) is 27.7. The zero-order chi connectivity index (χ0) is 37.0. The molecular weight excluding hydrogens is 687 g/mol. The van der Waals surface area contributed by atoms with Crippen molar-refractivity contribution in [2.24, 2.45) is 0 Å². The van der Waals surface area contributed by atoms with Crippen molar-refractivity contribution in [1.82, 2.24) is 15.0 Å². The molecule has 8 aromatic carbocycles. The molecule has 0 aliphatic heterocycles. The largest absolute Gasteiger partial charge is 0.455 e. The number of fused-ring (bicyclic) bond motifs is 6. The molecule has 0 radical (unpaired) electrons. The van der Waals surface area contributed by atoms with Crippen LogP contribution in [0.4, 0.5) is 0 Å². The van der Waals surface area contributed by atoms with Crippen LogP contribution in [-0.4, -0.2) is 15.0 Å². The van der Waals surface area contributed by atoms with Crippen LogP contribution in [0.15, 0.2) is 197 Å². The highest BCUT2D eigenvalue weighted by Crippen LogP contribution is 2.42. The number of para-hydroxylation sites is 3. The summed E-state index contributed by atoms with van der Waals surface area (Å²) in [5.41, 5.74) is 12.5. The Bertz CT molecular complexity index is 3240. The van der Waals surface area contributed by atoms with E-state index in [1.807, 2.05) is 60.7 Å². The highest BCUT2D eigenvalue weighted by molar-refractivity contribution is 6.15. The first-order valence-corrected chi connectivity index (χ1v) is 18.7. The third kappa shape index (κ3) is 5.45. The van der Waals surface area contributed by atoms with Gasteiger partial charge in [-0.1, -0.05) is 164 Å². The Hall–Kier alpha value is -7.63. The lowest BCUT2D eigenvalue weighted by atomic mass is 9.99. The van der Waals surface area contributed by atoms with Gasteiger partial charge in [0.05, 0.1) is 0 Å². The lowest BCUT2D eigenvalue weighted by molar-refractivity contribution is 0.665. The molecule has 0 atom stereocenters. The normalized spacial score (nSPS) is 11.6. The van der Waals surface area contributed by atoms with Crippen LogP contribution in [0.5, 0.6) is 0 Å². The van der Waals surface area contributed by atoms with Gasteiger partial charge >= 0.3 is 0 Å². The molecule has 3 aromatic heterocycles. The fraction of sp³-hybridized carbons (Fsp3) is 0. The predicted molar refractivity (Wildman–Crippen MR) is 227 cm³/mol. The SMILES string of the molecule is c1ccc(-c2ccc(-c3cccc(-c4nc(-c5ccccc5)nc(-c5ccc6c(c5)oc5c(-c7cccc8c7oc7ccccc78)cccc56)n4)c3)cc2)cc1. The van der Waals surface area contributed by atoms with Crippen LogP contribution in [0.1, 0.15) is 0 Å². The molecule has 11 aromatic rings. The summed E-state index contributed by atoms with van der Waals surface area (Å²) in [6, 6.07) is 64.5. The van der Waals surface area contributed by atoms with Crippen LogP contribution < -0.4 is 0 Å². The minimum Gasteiger partial charge on any atom is -0.455 e. The Balaban J connectivity index is 1.01. The average Bonchev–Trinajstić information content (AvgIpc) is 3.85. The fourth-order valence-corrected chi connectivity index (χ4v) is 7.78. The van der Waals surface area contributed by atoms with Crippen molar-refractivity contribution in [3.63, 3.8) is 0 Å². The number of furan rings is 2. The number of hydrogen-bond acceptors (Lipinski definition) is 5. The third-order valence-electron chi connectivity index (χ3n) is 10.6. The molecule has 0 saturated heterocycles. The topological polar surface area (TPSA) is 65.0 Å². The minimum atomic E-state index is 0.570. The van der Waals surface area contributed by atoms with Crippen LogP contribution >= 0.6 is 0 Å². The highest BCUT2D eigenvalue weighted by Gasteiger charge is 2.19. The Labute approximate surface area is 322 Å².